The fourth-order valence-corrected chi connectivity index (χ4v) is 6.75. The number of hydrogen-bond acceptors (Lipinski definition) is 8. The van der Waals surface area contributed by atoms with Crippen LogP contribution in [0, 0.1) is 0 Å². The second-order valence-corrected chi connectivity index (χ2v) is 15.7. The van der Waals surface area contributed by atoms with Crippen LogP contribution in [0.3, 0.4) is 0 Å². The maximum absolute atomic E-state index is 12.6. The predicted molar refractivity (Wildman–Crippen MR) is 211 cm³/mol. The maximum Gasteiger partial charge on any atom is 0.472 e. The van der Waals surface area contributed by atoms with Gasteiger partial charge in [0.15, 0.2) is 6.10 Å². The predicted octanol–water partition coefficient (Wildman–Crippen LogP) is 11.8. The molecular formula is C41H80NO8P. The van der Waals surface area contributed by atoms with Crippen LogP contribution in [0.5, 0.6) is 0 Å². The van der Waals surface area contributed by atoms with Crippen molar-refractivity contribution in [2.45, 2.75) is 213 Å². The molecule has 0 spiro atoms. The van der Waals surface area contributed by atoms with Gasteiger partial charge in [0.05, 0.1) is 13.2 Å². The van der Waals surface area contributed by atoms with Gasteiger partial charge in [0.1, 0.15) is 6.61 Å². The van der Waals surface area contributed by atoms with Crippen molar-refractivity contribution in [3.63, 3.8) is 0 Å². The van der Waals surface area contributed by atoms with Crippen LogP contribution < -0.4 is 5.73 Å². The van der Waals surface area contributed by atoms with Crippen LogP contribution in [-0.2, 0) is 32.7 Å². The van der Waals surface area contributed by atoms with Gasteiger partial charge in [0, 0.05) is 19.4 Å². The number of esters is 2. The lowest BCUT2D eigenvalue weighted by atomic mass is 10.0. The molecule has 0 fully saturated rings. The first-order valence-corrected chi connectivity index (χ1v) is 22.7. The standard InChI is InChI=1S/C41H80NO8P/c1-3-5-7-9-11-13-15-17-19-21-23-25-27-29-31-33-40(43)47-37-39(38-49-51(45,46)48-36-35-42)50-41(44)34-32-30-28-26-24-22-20-18-16-14-12-10-8-6-4-2/h18,20,39H,3-17,19,21-38,42H2,1-2H3,(H,45,46)/b20-18-/t39-/m0/s1. The van der Waals surface area contributed by atoms with Crippen LogP contribution in [0.1, 0.15) is 206 Å². The molecule has 0 aliphatic heterocycles. The number of rotatable bonds is 40. The van der Waals surface area contributed by atoms with Crippen molar-refractivity contribution in [2.24, 2.45) is 5.73 Å². The number of nitrogens with two attached hydrogens (primary N) is 1. The summed E-state index contributed by atoms with van der Waals surface area (Å²) >= 11 is 0. The Bertz CT molecular complexity index is 856. The molecule has 0 aliphatic carbocycles. The number of phosphoric acid groups is 1. The molecule has 3 N–H and O–H groups in total. The third-order valence-corrected chi connectivity index (χ3v) is 10.1. The Hall–Kier alpha value is -1.25. The van der Waals surface area contributed by atoms with E-state index >= 15 is 0 Å². The van der Waals surface area contributed by atoms with Crippen LogP contribution in [0.2, 0.25) is 0 Å². The highest BCUT2D eigenvalue weighted by molar-refractivity contribution is 7.47. The van der Waals surface area contributed by atoms with E-state index < -0.39 is 26.5 Å². The van der Waals surface area contributed by atoms with Gasteiger partial charge in [-0.3, -0.25) is 18.6 Å². The van der Waals surface area contributed by atoms with Crippen molar-refractivity contribution in [3.05, 3.63) is 12.2 Å². The lowest BCUT2D eigenvalue weighted by molar-refractivity contribution is -0.161. The van der Waals surface area contributed by atoms with E-state index in [-0.39, 0.29) is 38.6 Å². The van der Waals surface area contributed by atoms with Crippen molar-refractivity contribution >= 4 is 19.8 Å². The van der Waals surface area contributed by atoms with Gasteiger partial charge in [-0.05, 0) is 38.5 Å². The van der Waals surface area contributed by atoms with Crippen LogP contribution in [0.25, 0.3) is 0 Å². The number of allylic oxidation sites excluding steroid dienone is 2. The van der Waals surface area contributed by atoms with Gasteiger partial charge < -0.3 is 20.1 Å². The molecule has 0 amide bonds. The molecule has 302 valence electrons. The molecule has 0 aromatic heterocycles. The summed E-state index contributed by atoms with van der Waals surface area (Å²) in [5.74, 6) is -0.829. The van der Waals surface area contributed by atoms with E-state index in [0.29, 0.717) is 6.42 Å². The SMILES string of the molecule is CCCCCCCC/C=C\CCCCCCCC(=O)O[C@@H](COC(=O)CCCCCCCCCCCCCCCCC)COP(=O)(O)OCCN. The second-order valence-electron chi connectivity index (χ2n) is 14.2. The van der Waals surface area contributed by atoms with E-state index in [9.17, 15) is 19.0 Å². The first kappa shape index (κ1) is 49.8. The molecule has 9 nitrogen and oxygen atoms in total. The summed E-state index contributed by atoms with van der Waals surface area (Å²) < 4.78 is 32.7. The molecule has 0 bridgehead atoms. The Morgan fingerprint density at radius 1 is 0.569 bits per heavy atom. The van der Waals surface area contributed by atoms with Gasteiger partial charge in [-0.15, -0.1) is 0 Å². The summed E-state index contributed by atoms with van der Waals surface area (Å²) in [4.78, 5) is 34.8. The normalized spacial score (nSPS) is 13.4. The number of hydrogen-bond donors (Lipinski definition) is 2. The molecular weight excluding hydrogens is 665 g/mol. The zero-order valence-corrected chi connectivity index (χ0v) is 34.0. The second kappa shape index (κ2) is 38.5. The molecule has 0 saturated heterocycles. The lowest BCUT2D eigenvalue weighted by Crippen LogP contribution is -2.29. The number of ether oxygens (including phenoxy) is 2. The molecule has 0 aliphatic rings. The van der Waals surface area contributed by atoms with Crippen LogP contribution >= 0.6 is 7.82 Å². The van der Waals surface area contributed by atoms with Gasteiger partial charge in [0.2, 0.25) is 0 Å². The van der Waals surface area contributed by atoms with Gasteiger partial charge in [-0.2, -0.15) is 0 Å². The highest BCUT2D eigenvalue weighted by Crippen LogP contribution is 2.43. The number of carbonyl (C=O) groups excluding carboxylic acids is 2. The molecule has 0 radical (unpaired) electrons. The molecule has 0 aromatic rings. The Morgan fingerprint density at radius 3 is 1.39 bits per heavy atom. The Labute approximate surface area is 313 Å². The molecule has 0 heterocycles. The Morgan fingerprint density at radius 2 is 0.961 bits per heavy atom. The number of phosphoric ester groups is 1. The molecule has 0 aromatic carbocycles. The average molecular weight is 746 g/mol. The molecule has 0 rings (SSSR count). The number of carbonyl (C=O) groups is 2. The first-order valence-electron chi connectivity index (χ1n) is 21.2. The third-order valence-electron chi connectivity index (χ3n) is 9.15. The maximum atomic E-state index is 12.6. The Balaban J connectivity index is 4.15. The minimum Gasteiger partial charge on any atom is -0.462 e. The van der Waals surface area contributed by atoms with E-state index in [1.54, 1.807) is 0 Å². The Kier molecular flexibility index (Phi) is 37.5. The summed E-state index contributed by atoms with van der Waals surface area (Å²) in [5.41, 5.74) is 5.34. The van der Waals surface area contributed by atoms with E-state index in [2.05, 4.69) is 26.0 Å². The minimum absolute atomic E-state index is 0.0548. The average Bonchev–Trinajstić information content (AvgIpc) is 3.11. The monoisotopic (exact) mass is 746 g/mol. The molecule has 2 atom stereocenters. The third kappa shape index (κ3) is 38.3. The zero-order valence-electron chi connectivity index (χ0n) is 33.1. The van der Waals surface area contributed by atoms with Crippen LogP contribution in [0.4, 0.5) is 0 Å². The molecule has 10 heteroatoms. The van der Waals surface area contributed by atoms with E-state index in [1.807, 2.05) is 0 Å². The van der Waals surface area contributed by atoms with Gasteiger partial charge >= 0.3 is 19.8 Å². The summed E-state index contributed by atoms with van der Waals surface area (Å²) in [5, 5.41) is 0. The fraction of sp³-hybridized carbons (Fsp3) is 0.902. The largest absolute Gasteiger partial charge is 0.472 e. The lowest BCUT2D eigenvalue weighted by Gasteiger charge is -2.19. The summed E-state index contributed by atoms with van der Waals surface area (Å²) in [7, 11) is -4.37. The number of unbranched alkanes of at least 4 members (excludes halogenated alkanes) is 25. The minimum atomic E-state index is -4.37. The quantitative estimate of drug-likeness (QED) is 0.0272. The van der Waals surface area contributed by atoms with Crippen molar-refractivity contribution in [3.8, 4) is 0 Å². The summed E-state index contributed by atoms with van der Waals surface area (Å²) in [6.45, 7) is 3.74. The summed E-state index contributed by atoms with van der Waals surface area (Å²) in [6, 6.07) is 0. The van der Waals surface area contributed by atoms with Crippen molar-refractivity contribution in [1.82, 2.24) is 0 Å². The van der Waals surface area contributed by atoms with E-state index in [1.165, 1.54) is 122 Å². The fourth-order valence-electron chi connectivity index (χ4n) is 5.98. The van der Waals surface area contributed by atoms with Crippen molar-refractivity contribution in [2.75, 3.05) is 26.4 Å². The van der Waals surface area contributed by atoms with E-state index in [0.717, 1.165) is 51.4 Å². The smallest absolute Gasteiger partial charge is 0.462 e. The first-order chi connectivity index (χ1) is 24.8. The summed E-state index contributed by atoms with van der Waals surface area (Å²) in [6.07, 6.45) is 38.1. The molecule has 1 unspecified atom stereocenters. The van der Waals surface area contributed by atoms with Crippen LogP contribution in [-0.4, -0.2) is 49.3 Å². The van der Waals surface area contributed by atoms with Crippen LogP contribution in [0.15, 0.2) is 12.2 Å². The molecule has 51 heavy (non-hydrogen) atoms. The zero-order chi connectivity index (χ0) is 37.5. The van der Waals surface area contributed by atoms with Crippen molar-refractivity contribution in [1.29, 1.82) is 0 Å². The molecule has 0 saturated carbocycles. The van der Waals surface area contributed by atoms with Gasteiger partial charge in [-0.1, -0.05) is 167 Å². The van der Waals surface area contributed by atoms with E-state index in [4.69, 9.17) is 24.3 Å². The highest BCUT2D eigenvalue weighted by Gasteiger charge is 2.26. The van der Waals surface area contributed by atoms with Gasteiger partial charge in [0.25, 0.3) is 0 Å². The highest BCUT2D eigenvalue weighted by atomic mass is 31.2. The van der Waals surface area contributed by atoms with Crippen molar-refractivity contribution < 1.29 is 37.6 Å². The van der Waals surface area contributed by atoms with Gasteiger partial charge in [-0.25, -0.2) is 4.57 Å². The topological polar surface area (TPSA) is 134 Å².